The fourth-order valence-electron chi connectivity index (χ4n) is 3.31. The summed E-state index contributed by atoms with van der Waals surface area (Å²) in [5.41, 5.74) is 3.01. The molecular weight excluding hydrogens is 402 g/mol. The average molecular weight is 432 g/mol. The highest BCUT2D eigenvalue weighted by Gasteiger charge is 2.17. The molecule has 0 saturated carbocycles. The number of nitrogens with one attached hydrogen (secondary N) is 3. The van der Waals surface area contributed by atoms with Gasteiger partial charge in [0.2, 0.25) is 5.91 Å². The van der Waals surface area contributed by atoms with Crippen molar-refractivity contribution in [3.63, 3.8) is 0 Å². The fourth-order valence-corrected chi connectivity index (χ4v) is 3.31. The second-order valence-electron chi connectivity index (χ2n) is 7.44. The van der Waals surface area contributed by atoms with Gasteiger partial charge >= 0.3 is 0 Å². The molecule has 2 aromatic carbocycles. The SMILES string of the molecule is Cc1ccc(NC(=O)COc2ccc(CCNC(=O)CC3CCCN3)cc2)cc1.Cl. The maximum Gasteiger partial charge on any atom is 0.262 e. The van der Waals surface area contributed by atoms with Crippen molar-refractivity contribution in [3.8, 4) is 5.75 Å². The fraction of sp³-hybridized carbons (Fsp3) is 0.391. The minimum absolute atomic E-state index is 0. The molecule has 30 heavy (non-hydrogen) atoms. The number of anilines is 1. The Morgan fingerprint density at radius 1 is 1.07 bits per heavy atom. The monoisotopic (exact) mass is 431 g/mol. The zero-order valence-corrected chi connectivity index (χ0v) is 18.1. The minimum atomic E-state index is -0.197. The van der Waals surface area contributed by atoms with Gasteiger partial charge in [-0.25, -0.2) is 0 Å². The smallest absolute Gasteiger partial charge is 0.262 e. The second kappa shape index (κ2) is 12.2. The molecule has 0 spiro atoms. The van der Waals surface area contributed by atoms with E-state index in [0.29, 0.717) is 24.8 Å². The van der Waals surface area contributed by atoms with Crippen molar-refractivity contribution < 1.29 is 14.3 Å². The van der Waals surface area contributed by atoms with Crippen LogP contribution < -0.4 is 20.7 Å². The van der Waals surface area contributed by atoms with Gasteiger partial charge in [0, 0.05) is 24.7 Å². The Labute approximate surface area is 184 Å². The first kappa shape index (κ1) is 23.7. The van der Waals surface area contributed by atoms with Crippen molar-refractivity contribution >= 4 is 29.9 Å². The third-order valence-electron chi connectivity index (χ3n) is 4.96. The van der Waals surface area contributed by atoms with Crippen LogP contribution in [0.3, 0.4) is 0 Å². The first-order valence-corrected chi connectivity index (χ1v) is 10.2. The summed E-state index contributed by atoms with van der Waals surface area (Å²) in [6, 6.07) is 15.6. The molecule has 6 nitrogen and oxygen atoms in total. The number of rotatable bonds is 9. The molecule has 1 unspecified atom stereocenters. The normalized spacial score (nSPS) is 15.2. The van der Waals surface area contributed by atoms with Crippen LogP contribution in [-0.4, -0.2) is 37.6 Å². The maximum absolute atomic E-state index is 12.0. The van der Waals surface area contributed by atoms with Gasteiger partial charge in [0.1, 0.15) is 5.75 Å². The molecule has 1 atom stereocenters. The molecule has 162 valence electrons. The van der Waals surface area contributed by atoms with Gasteiger partial charge in [0.05, 0.1) is 0 Å². The lowest BCUT2D eigenvalue weighted by molar-refractivity contribution is -0.121. The van der Waals surface area contributed by atoms with Crippen molar-refractivity contribution in [3.05, 3.63) is 59.7 Å². The van der Waals surface area contributed by atoms with Crippen LogP contribution in [0.5, 0.6) is 5.75 Å². The van der Waals surface area contributed by atoms with E-state index in [2.05, 4.69) is 16.0 Å². The summed E-state index contributed by atoms with van der Waals surface area (Å²) < 4.78 is 5.55. The predicted octanol–water partition coefficient (Wildman–Crippen LogP) is 3.24. The number of benzene rings is 2. The molecule has 1 aliphatic rings. The Hall–Kier alpha value is -2.57. The number of carbonyl (C=O) groups is 2. The first-order chi connectivity index (χ1) is 14.1. The van der Waals surface area contributed by atoms with E-state index >= 15 is 0 Å². The largest absolute Gasteiger partial charge is 0.484 e. The van der Waals surface area contributed by atoms with E-state index in [1.807, 2.05) is 55.5 Å². The molecule has 0 aromatic heterocycles. The van der Waals surface area contributed by atoms with Crippen molar-refractivity contribution in [1.29, 1.82) is 0 Å². The molecule has 3 N–H and O–H groups in total. The summed E-state index contributed by atoms with van der Waals surface area (Å²) in [6.45, 7) is 3.59. The number of amides is 2. The Bertz CT molecular complexity index is 803. The summed E-state index contributed by atoms with van der Waals surface area (Å²) in [5.74, 6) is 0.547. The number of carbonyl (C=O) groups excluding carboxylic acids is 2. The molecule has 1 aliphatic heterocycles. The van der Waals surface area contributed by atoms with E-state index < -0.39 is 0 Å². The lowest BCUT2D eigenvalue weighted by atomic mass is 10.1. The van der Waals surface area contributed by atoms with Gasteiger partial charge in [-0.15, -0.1) is 12.4 Å². The van der Waals surface area contributed by atoms with Crippen LogP contribution in [0, 0.1) is 6.92 Å². The number of hydrogen-bond acceptors (Lipinski definition) is 4. The van der Waals surface area contributed by atoms with E-state index in [1.54, 1.807) is 0 Å². The second-order valence-corrected chi connectivity index (χ2v) is 7.44. The topological polar surface area (TPSA) is 79.5 Å². The molecule has 0 bridgehead atoms. The lowest BCUT2D eigenvalue weighted by Crippen LogP contribution is -2.32. The molecule has 2 aromatic rings. The van der Waals surface area contributed by atoms with Gasteiger partial charge in [-0.05, 0) is 62.6 Å². The standard InChI is InChI=1S/C23H29N3O3.ClH/c1-17-4-8-19(9-5-17)26-23(28)16-29-21-10-6-18(7-11-21)12-14-25-22(27)15-20-3-2-13-24-20;/h4-11,20,24H,2-3,12-16H2,1H3,(H,25,27)(H,26,28);1H. The van der Waals surface area contributed by atoms with Crippen LogP contribution in [0.2, 0.25) is 0 Å². The summed E-state index contributed by atoms with van der Waals surface area (Å²) in [7, 11) is 0. The van der Waals surface area contributed by atoms with Gasteiger partial charge in [-0.2, -0.15) is 0 Å². The zero-order valence-electron chi connectivity index (χ0n) is 17.3. The Balaban J connectivity index is 0.00000320. The molecule has 0 radical (unpaired) electrons. The molecule has 1 heterocycles. The van der Waals surface area contributed by atoms with Gasteiger partial charge in [0.25, 0.3) is 5.91 Å². The minimum Gasteiger partial charge on any atom is -0.484 e. The maximum atomic E-state index is 12.0. The molecule has 2 amide bonds. The van der Waals surface area contributed by atoms with E-state index in [-0.39, 0.29) is 30.8 Å². The summed E-state index contributed by atoms with van der Waals surface area (Å²) in [5, 5.41) is 9.12. The van der Waals surface area contributed by atoms with Crippen LogP contribution in [-0.2, 0) is 16.0 Å². The molecule has 1 fully saturated rings. The lowest BCUT2D eigenvalue weighted by Gasteiger charge is -2.11. The molecular formula is C23H30ClN3O3. The number of hydrogen-bond donors (Lipinski definition) is 3. The van der Waals surface area contributed by atoms with Crippen LogP contribution in [0.15, 0.2) is 48.5 Å². The average Bonchev–Trinajstić information content (AvgIpc) is 3.22. The zero-order chi connectivity index (χ0) is 20.5. The third kappa shape index (κ3) is 8.05. The number of aryl methyl sites for hydroxylation is 1. The highest BCUT2D eigenvalue weighted by Crippen LogP contribution is 2.13. The summed E-state index contributed by atoms with van der Waals surface area (Å²) >= 11 is 0. The molecule has 7 heteroatoms. The third-order valence-corrected chi connectivity index (χ3v) is 4.96. The molecule has 3 rings (SSSR count). The van der Waals surface area contributed by atoms with Crippen LogP contribution >= 0.6 is 12.4 Å². The van der Waals surface area contributed by atoms with Crippen molar-refractivity contribution in [2.45, 2.75) is 38.6 Å². The van der Waals surface area contributed by atoms with Crippen molar-refractivity contribution in [1.82, 2.24) is 10.6 Å². The molecule has 1 saturated heterocycles. The van der Waals surface area contributed by atoms with Crippen molar-refractivity contribution in [2.75, 3.05) is 25.0 Å². The van der Waals surface area contributed by atoms with Gasteiger partial charge < -0.3 is 20.7 Å². The highest BCUT2D eigenvalue weighted by molar-refractivity contribution is 5.91. The number of ether oxygens (including phenoxy) is 1. The van der Waals surface area contributed by atoms with E-state index in [0.717, 1.165) is 42.6 Å². The predicted molar refractivity (Wildman–Crippen MR) is 121 cm³/mol. The Morgan fingerprint density at radius 3 is 2.47 bits per heavy atom. The Morgan fingerprint density at radius 2 is 1.80 bits per heavy atom. The Kier molecular flexibility index (Phi) is 9.64. The number of halogens is 1. The van der Waals surface area contributed by atoms with Crippen molar-refractivity contribution in [2.24, 2.45) is 0 Å². The summed E-state index contributed by atoms with van der Waals surface area (Å²) in [6.07, 6.45) is 3.55. The van der Waals surface area contributed by atoms with E-state index in [1.165, 1.54) is 0 Å². The summed E-state index contributed by atoms with van der Waals surface area (Å²) in [4.78, 5) is 23.9. The van der Waals surface area contributed by atoms with Gasteiger partial charge in [0.15, 0.2) is 6.61 Å². The quantitative estimate of drug-likeness (QED) is 0.569. The van der Waals surface area contributed by atoms with Crippen LogP contribution in [0.1, 0.15) is 30.4 Å². The van der Waals surface area contributed by atoms with E-state index in [4.69, 9.17) is 4.74 Å². The van der Waals surface area contributed by atoms with Crippen LogP contribution in [0.4, 0.5) is 5.69 Å². The molecule has 0 aliphatic carbocycles. The van der Waals surface area contributed by atoms with Gasteiger partial charge in [-0.3, -0.25) is 9.59 Å². The van der Waals surface area contributed by atoms with Crippen LogP contribution in [0.25, 0.3) is 0 Å². The van der Waals surface area contributed by atoms with Gasteiger partial charge in [-0.1, -0.05) is 29.8 Å². The van der Waals surface area contributed by atoms with E-state index in [9.17, 15) is 9.59 Å². The highest BCUT2D eigenvalue weighted by atomic mass is 35.5. The first-order valence-electron chi connectivity index (χ1n) is 10.2.